The molecule has 1 aromatic carbocycles. The van der Waals surface area contributed by atoms with Crippen LogP contribution in [0.4, 0.5) is 11.4 Å². The number of carbonyl (C=O) groups excluding carboxylic acids is 1. The van der Waals surface area contributed by atoms with Crippen molar-refractivity contribution in [3.05, 3.63) is 28.3 Å². The van der Waals surface area contributed by atoms with E-state index >= 15 is 0 Å². The van der Waals surface area contributed by atoms with E-state index in [0.29, 0.717) is 12.8 Å². The van der Waals surface area contributed by atoms with Crippen molar-refractivity contribution in [1.29, 1.82) is 0 Å². The van der Waals surface area contributed by atoms with Crippen molar-refractivity contribution in [3.8, 4) is 5.75 Å². The molecule has 1 fully saturated rings. The molecule has 0 atom stereocenters. The summed E-state index contributed by atoms with van der Waals surface area (Å²) in [6.07, 6.45) is 2.11. The standard InChI is InChI=1S/C11H13N3O4/c12-11(4-1-5-11)10(16)13-8-3-2-7(14(17)18)6-9(8)15/h2-3,6,15H,1,4-5,12H2,(H,13,16). The number of nitrogens with zero attached hydrogens (tertiary/aromatic N) is 1. The minimum absolute atomic E-state index is 0.127. The second kappa shape index (κ2) is 4.26. The topological polar surface area (TPSA) is 118 Å². The van der Waals surface area contributed by atoms with Gasteiger partial charge in [0.15, 0.2) is 0 Å². The van der Waals surface area contributed by atoms with Gasteiger partial charge in [-0.25, -0.2) is 0 Å². The van der Waals surface area contributed by atoms with Crippen molar-refractivity contribution in [2.24, 2.45) is 5.73 Å². The molecule has 0 aliphatic heterocycles. The van der Waals surface area contributed by atoms with Crippen LogP contribution in [0.1, 0.15) is 19.3 Å². The van der Waals surface area contributed by atoms with E-state index in [1.807, 2.05) is 0 Å². The number of nitrogens with one attached hydrogen (secondary N) is 1. The van der Waals surface area contributed by atoms with Crippen LogP contribution in [0.5, 0.6) is 5.75 Å². The molecule has 1 amide bonds. The quantitative estimate of drug-likeness (QED) is 0.422. The maximum atomic E-state index is 11.8. The molecular weight excluding hydrogens is 238 g/mol. The van der Waals surface area contributed by atoms with E-state index in [1.54, 1.807) is 0 Å². The number of benzene rings is 1. The van der Waals surface area contributed by atoms with E-state index in [2.05, 4.69) is 5.32 Å². The number of anilines is 1. The van der Waals surface area contributed by atoms with Gasteiger partial charge in [0, 0.05) is 6.07 Å². The Morgan fingerprint density at radius 1 is 1.50 bits per heavy atom. The normalized spacial score (nSPS) is 16.7. The fraction of sp³-hybridized carbons (Fsp3) is 0.364. The highest BCUT2D eigenvalue weighted by atomic mass is 16.6. The molecule has 2 rings (SSSR count). The molecule has 0 saturated heterocycles. The number of amides is 1. The van der Waals surface area contributed by atoms with Gasteiger partial charge in [-0.15, -0.1) is 0 Å². The lowest BCUT2D eigenvalue weighted by atomic mass is 9.77. The second-order valence-corrected chi connectivity index (χ2v) is 4.42. The van der Waals surface area contributed by atoms with Gasteiger partial charge in [-0.2, -0.15) is 0 Å². The number of aromatic hydroxyl groups is 1. The van der Waals surface area contributed by atoms with Crippen LogP contribution in [0.25, 0.3) is 0 Å². The second-order valence-electron chi connectivity index (χ2n) is 4.42. The van der Waals surface area contributed by atoms with Gasteiger partial charge in [-0.1, -0.05) is 0 Å². The zero-order chi connectivity index (χ0) is 13.3. The average Bonchev–Trinajstić information content (AvgIpc) is 2.28. The van der Waals surface area contributed by atoms with E-state index in [4.69, 9.17) is 5.73 Å². The molecule has 96 valence electrons. The summed E-state index contributed by atoms with van der Waals surface area (Å²) >= 11 is 0. The Hall–Kier alpha value is -2.15. The number of phenolic OH excluding ortho intramolecular Hbond substituents is 1. The number of hydrogen-bond donors (Lipinski definition) is 3. The predicted octanol–water partition coefficient (Wildman–Crippen LogP) is 1.12. The van der Waals surface area contributed by atoms with Crippen molar-refractivity contribution in [3.63, 3.8) is 0 Å². The molecule has 0 unspecified atom stereocenters. The number of phenols is 1. The molecular formula is C11H13N3O4. The van der Waals surface area contributed by atoms with Crippen molar-refractivity contribution in [2.75, 3.05) is 5.32 Å². The molecule has 18 heavy (non-hydrogen) atoms. The number of carbonyl (C=O) groups is 1. The number of nitro benzene ring substituents is 1. The highest BCUT2D eigenvalue weighted by Gasteiger charge is 2.40. The molecule has 4 N–H and O–H groups in total. The van der Waals surface area contributed by atoms with Crippen molar-refractivity contribution in [1.82, 2.24) is 0 Å². The molecule has 0 aromatic heterocycles. The van der Waals surface area contributed by atoms with Gasteiger partial charge >= 0.3 is 0 Å². The van der Waals surface area contributed by atoms with Gasteiger partial charge in [0.1, 0.15) is 5.75 Å². The third-order valence-electron chi connectivity index (χ3n) is 3.14. The van der Waals surface area contributed by atoms with E-state index in [-0.39, 0.29) is 23.0 Å². The van der Waals surface area contributed by atoms with Gasteiger partial charge < -0.3 is 16.2 Å². The lowest BCUT2D eigenvalue weighted by molar-refractivity contribution is -0.384. The first kappa shape index (κ1) is 12.3. The average molecular weight is 251 g/mol. The minimum atomic E-state index is -0.881. The molecule has 0 bridgehead atoms. The highest BCUT2D eigenvalue weighted by Crippen LogP contribution is 2.33. The molecule has 0 heterocycles. The highest BCUT2D eigenvalue weighted by molar-refractivity contribution is 5.99. The van der Waals surface area contributed by atoms with Crippen LogP contribution >= 0.6 is 0 Å². The summed E-state index contributed by atoms with van der Waals surface area (Å²) in [5.74, 6) is -0.724. The summed E-state index contributed by atoms with van der Waals surface area (Å²) < 4.78 is 0. The summed E-state index contributed by atoms with van der Waals surface area (Å²) in [6.45, 7) is 0. The van der Waals surface area contributed by atoms with Crippen LogP contribution in [-0.4, -0.2) is 21.5 Å². The van der Waals surface area contributed by atoms with E-state index in [1.165, 1.54) is 12.1 Å². The Kier molecular flexibility index (Phi) is 2.92. The van der Waals surface area contributed by atoms with Crippen molar-refractivity contribution >= 4 is 17.3 Å². The number of nitrogens with two attached hydrogens (primary N) is 1. The van der Waals surface area contributed by atoms with Crippen LogP contribution in [-0.2, 0) is 4.79 Å². The minimum Gasteiger partial charge on any atom is -0.506 e. The van der Waals surface area contributed by atoms with Crippen molar-refractivity contribution in [2.45, 2.75) is 24.8 Å². The monoisotopic (exact) mass is 251 g/mol. The maximum Gasteiger partial charge on any atom is 0.273 e. The van der Waals surface area contributed by atoms with E-state index in [9.17, 15) is 20.0 Å². The Morgan fingerprint density at radius 3 is 2.61 bits per heavy atom. The first-order valence-corrected chi connectivity index (χ1v) is 5.50. The smallest absolute Gasteiger partial charge is 0.273 e. The zero-order valence-electron chi connectivity index (χ0n) is 9.55. The van der Waals surface area contributed by atoms with Crippen LogP contribution in [0, 0.1) is 10.1 Å². The number of non-ortho nitro benzene ring substituents is 1. The summed E-state index contributed by atoms with van der Waals surface area (Å²) in [4.78, 5) is 21.7. The summed E-state index contributed by atoms with van der Waals surface area (Å²) in [5.41, 5.74) is 4.83. The number of hydrogen-bond acceptors (Lipinski definition) is 5. The third-order valence-corrected chi connectivity index (χ3v) is 3.14. The molecule has 0 spiro atoms. The summed E-state index contributed by atoms with van der Waals surface area (Å²) in [5, 5.41) is 22.6. The lowest BCUT2D eigenvalue weighted by Crippen LogP contribution is -2.56. The summed E-state index contributed by atoms with van der Waals surface area (Å²) in [6, 6.07) is 3.48. The molecule has 7 heteroatoms. The van der Waals surface area contributed by atoms with Crippen LogP contribution in [0.15, 0.2) is 18.2 Å². The molecule has 1 aromatic rings. The van der Waals surface area contributed by atoms with Gasteiger partial charge in [-0.05, 0) is 25.3 Å². The van der Waals surface area contributed by atoms with Crippen LogP contribution in [0.3, 0.4) is 0 Å². The molecule has 1 aliphatic rings. The Morgan fingerprint density at radius 2 is 2.17 bits per heavy atom. The Labute approximate surface area is 103 Å². The first-order valence-electron chi connectivity index (χ1n) is 5.50. The van der Waals surface area contributed by atoms with Crippen LogP contribution < -0.4 is 11.1 Å². The maximum absolute atomic E-state index is 11.8. The zero-order valence-corrected chi connectivity index (χ0v) is 9.55. The predicted molar refractivity (Wildman–Crippen MR) is 64.2 cm³/mol. The van der Waals surface area contributed by atoms with E-state index in [0.717, 1.165) is 12.5 Å². The lowest BCUT2D eigenvalue weighted by Gasteiger charge is -2.36. The van der Waals surface area contributed by atoms with Gasteiger partial charge in [-0.3, -0.25) is 14.9 Å². The van der Waals surface area contributed by atoms with Gasteiger partial charge in [0.25, 0.3) is 5.69 Å². The Bertz CT molecular complexity index is 511. The van der Waals surface area contributed by atoms with Gasteiger partial charge in [0.05, 0.1) is 22.2 Å². The SMILES string of the molecule is NC1(C(=O)Nc2ccc([N+](=O)[O-])cc2O)CCC1. The number of rotatable bonds is 3. The Balaban J connectivity index is 2.15. The molecule has 7 nitrogen and oxygen atoms in total. The largest absolute Gasteiger partial charge is 0.506 e. The van der Waals surface area contributed by atoms with Gasteiger partial charge in [0.2, 0.25) is 5.91 Å². The van der Waals surface area contributed by atoms with Crippen molar-refractivity contribution < 1.29 is 14.8 Å². The molecule has 1 saturated carbocycles. The van der Waals surface area contributed by atoms with E-state index < -0.39 is 10.5 Å². The molecule has 1 aliphatic carbocycles. The summed E-state index contributed by atoms with van der Waals surface area (Å²) in [7, 11) is 0. The molecule has 0 radical (unpaired) electrons. The fourth-order valence-electron chi connectivity index (χ4n) is 1.77. The number of nitro groups is 1. The first-order chi connectivity index (χ1) is 8.42. The van der Waals surface area contributed by atoms with Crippen LogP contribution in [0.2, 0.25) is 0 Å². The fourth-order valence-corrected chi connectivity index (χ4v) is 1.77. The third kappa shape index (κ3) is 2.12.